The third-order valence-corrected chi connectivity index (χ3v) is 6.02. The molecule has 0 atom stereocenters. The van der Waals surface area contributed by atoms with Gasteiger partial charge in [-0.25, -0.2) is 0 Å². The van der Waals surface area contributed by atoms with E-state index in [1.807, 2.05) is 0 Å². The molecule has 0 unspecified atom stereocenters. The molecule has 2 aliphatic rings. The summed E-state index contributed by atoms with van der Waals surface area (Å²) in [6.07, 6.45) is 25.5. The summed E-state index contributed by atoms with van der Waals surface area (Å²) in [5, 5.41) is 8.61. The molecule has 0 spiro atoms. The Balaban J connectivity index is 1.62. The zero-order chi connectivity index (χ0) is 16.3. The van der Waals surface area contributed by atoms with Crippen LogP contribution in [0.4, 0.5) is 0 Å². The summed E-state index contributed by atoms with van der Waals surface area (Å²) >= 11 is 0. The van der Waals surface area contributed by atoms with Crippen LogP contribution in [0.5, 0.6) is 0 Å². The minimum absolute atomic E-state index is 0.651. The summed E-state index contributed by atoms with van der Waals surface area (Å²) in [5.41, 5.74) is 0. The molecule has 0 aromatic rings. The van der Waals surface area contributed by atoms with E-state index in [9.17, 15) is 0 Å². The summed E-state index contributed by atoms with van der Waals surface area (Å²) < 4.78 is 0. The van der Waals surface area contributed by atoms with Gasteiger partial charge in [-0.05, 0) is 75.0 Å². The van der Waals surface area contributed by atoms with Crippen molar-refractivity contribution in [3.63, 3.8) is 0 Å². The van der Waals surface area contributed by atoms with Crippen LogP contribution in [-0.2, 0) is 0 Å². The van der Waals surface area contributed by atoms with E-state index in [4.69, 9.17) is 5.26 Å². The van der Waals surface area contributed by atoms with Crippen molar-refractivity contribution in [2.45, 2.75) is 84.0 Å². The highest BCUT2D eigenvalue weighted by Crippen LogP contribution is 2.34. The molecule has 23 heavy (non-hydrogen) atoms. The lowest BCUT2D eigenvalue weighted by atomic mass is 9.78. The first kappa shape index (κ1) is 18.3. The second kappa shape index (κ2) is 10.7. The van der Waals surface area contributed by atoms with E-state index < -0.39 is 0 Å². The van der Waals surface area contributed by atoms with Gasteiger partial charge in [-0.15, -0.1) is 0 Å². The van der Waals surface area contributed by atoms with Gasteiger partial charge < -0.3 is 0 Å². The maximum absolute atomic E-state index is 8.61. The fourth-order valence-electron chi connectivity index (χ4n) is 4.38. The van der Waals surface area contributed by atoms with E-state index >= 15 is 0 Å². The Morgan fingerprint density at radius 1 is 0.783 bits per heavy atom. The Bertz CT molecular complexity index is 398. The normalized spacial score (nSPS) is 32.3. The topological polar surface area (TPSA) is 23.8 Å². The highest BCUT2D eigenvalue weighted by Gasteiger charge is 2.21. The zero-order valence-corrected chi connectivity index (χ0v) is 15.1. The van der Waals surface area contributed by atoms with Crippen molar-refractivity contribution < 1.29 is 0 Å². The molecule has 2 rings (SSSR count). The lowest BCUT2D eigenvalue weighted by molar-refractivity contribution is 0.287. The van der Waals surface area contributed by atoms with Crippen molar-refractivity contribution in [1.82, 2.24) is 0 Å². The van der Waals surface area contributed by atoms with Crippen molar-refractivity contribution in [2.24, 2.45) is 23.7 Å². The van der Waals surface area contributed by atoms with Crippen LogP contribution in [-0.4, -0.2) is 0 Å². The first-order chi connectivity index (χ1) is 11.3. The molecule has 0 bridgehead atoms. The van der Waals surface area contributed by atoms with Gasteiger partial charge in [0.25, 0.3) is 0 Å². The SMILES string of the molecule is CCCCC[C@H]1CC[C@H](/C=C/C2CCC(C=CC#N)CC2)CC1. The van der Waals surface area contributed by atoms with Crippen LogP contribution >= 0.6 is 0 Å². The van der Waals surface area contributed by atoms with E-state index in [1.54, 1.807) is 6.08 Å². The predicted octanol–water partition coefficient (Wildman–Crippen LogP) is 6.82. The van der Waals surface area contributed by atoms with E-state index in [1.165, 1.54) is 77.0 Å². The van der Waals surface area contributed by atoms with Gasteiger partial charge >= 0.3 is 0 Å². The molecule has 0 heterocycles. The van der Waals surface area contributed by atoms with Crippen LogP contribution in [0.1, 0.15) is 84.0 Å². The fourth-order valence-corrected chi connectivity index (χ4v) is 4.38. The molecular weight excluding hydrogens is 278 g/mol. The lowest BCUT2D eigenvalue weighted by Crippen LogP contribution is -2.14. The Morgan fingerprint density at radius 2 is 1.30 bits per heavy atom. The number of nitrogens with zero attached hydrogens (tertiary/aromatic N) is 1. The highest BCUT2D eigenvalue weighted by atomic mass is 14.3. The van der Waals surface area contributed by atoms with Crippen LogP contribution in [0, 0.1) is 35.0 Å². The molecule has 0 aromatic carbocycles. The summed E-state index contributed by atoms with van der Waals surface area (Å²) in [6, 6.07) is 2.12. The van der Waals surface area contributed by atoms with Gasteiger partial charge in [-0.3, -0.25) is 0 Å². The average Bonchev–Trinajstić information content (AvgIpc) is 2.60. The number of nitriles is 1. The smallest absolute Gasteiger partial charge is 0.0908 e. The van der Waals surface area contributed by atoms with Crippen molar-refractivity contribution in [3.8, 4) is 6.07 Å². The maximum atomic E-state index is 8.61. The third kappa shape index (κ3) is 6.94. The van der Waals surface area contributed by atoms with Crippen molar-refractivity contribution in [1.29, 1.82) is 5.26 Å². The molecule has 0 aliphatic heterocycles. The van der Waals surface area contributed by atoms with E-state index in [-0.39, 0.29) is 0 Å². The summed E-state index contributed by atoms with van der Waals surface area (Å²) in [7, 11) is 0. The molecule has 2 aliphatic carbocycles. The van der Waals surface area contributed by atoms with Crippen LogP contribution < -0.4 is 0 Å². The standard InChI is InChI=1S/C22H35N/c1-2-3-4-6-19-8-12-21(13-9-19)16-17-22-14-10-20(11-15-22)7-5-18-23/h5,7,16-17,19-22H,2-4,6,8-15H2,1H3/b7-5?,17-16+/t19-,20?,21-,22?. The number of rotatable bonds is 7. The fraction of sp³-hybridized carbons (Fsp3) is 0.773. The lowest BCUT2D eigenvalue weighted by Gasteiger charge is -2.28. The predicted molar refractivity (Wildman–Crippen MR) is 98.9 cm³/mol. The van der Waals surface area contributed by atoms with Crippen LogP contribution in [0.25, 0.3) is 0 Å². The first-order valence-corrected chi connectivity index (χ1v) is 10.1. The van der Waals surface area contributed by atoms with Crippen LogP contribution in [0.3, 0.4) is 0 Å². The van der Waals surface area contributed by atoms with Gasteiger partial charge in [0.05, 0.1) is 6.07 Å². The molecule has 0 amide bonds. The van der Waals surface area contributed by atoms with Gasteiger partial charge in [-0.1, -0.05) is 50.8 Å². The quantitative estimate of drug-likeness (QED) is 0.287. The van der Waals surface area contributed by atoms with Crippen LogP contribution in [0.2, 0.25) is 0 Å². The highest BCUT2D eigenvalue weighted by molar-refractivity contribution is 5.05. The summed E-state index contributed by atoms with van der Waals surface area (Å²) in [5.74, 6) is 3.32. The van der Waals surface area contributed by atoms with Gasteiger partial charge in [0.15, 0.2) is 0 Å². The second-order valence-corrected chi connectivity index (χ2v) is 7.82. The molecule has 1 heteroatoms. The van der Waals surface area contributed by atoms with Gasteiger partial charge in [0, 0.05) is 6.08 Å². The second-order valence-electron chi connectivity index (χ2n) is 7.82. The Hall–Kier alpha value is -1.03. The molecule has 0 N–H and O–H groups in total. The minimum atomic E-state index is 0.651. The van der Waals surface area contributed by atoms with Crippen LogP contribution in [0.15, 0.2) is 24.3 Å². The molecule has 2 fully saturated rings. The maximum Gasteiger partial charge on any atom is 0.0908 e. The largest absolute Gasteiger partial charge is 0.193 e. The van der Waals surface area contributed by atoms with Crippen molar-refractivity contribution in [3.05, 3.63) is 24.3 Å². The van der Waals surface area contributed by atoms with E-state index in [2.05, 4.69) is 31.2 Å². The van der Waals surface area contributed by atoms with E-state index in [0.29, 0.717) is 5.92 Å². The van der Waals surface area contributed by atoms with Gasteiger partial charge in [-0.2, -0.15) is 5.26 Å². The molecular formula is C22H35N. The number of allylic oxidation sites excluding steroid dienone is 4. The first-order valence-electron chi connectivity index (χ1n) is 10.1. The molecule has 0 radical (unpaired) electrons. The molecule has 2 saturated carbocycles. The Labute approximate surface area is 143 Å². The summed E-state index contributed by atoms with van der Waals surface area (Å²) in [6.45, 7) is 2.30. The average molecular weight is 314 g/mol. The summed E-state index contributed by atoms with van der Waals surface area (Å²) in [4.78, 5) is 0. The number of hydrogen-bond acceptors (Lipinski definition) is 1. The number of hydrogen-bond donors (Lipinski definition) is 0. The minimum Gasteiger partial charge on any atom is -0.193 e. The molecule has 0 saturated heterocycles. The Kier molecular flexibility index (Phi) is 8.51. The monoisotopic (exact) mass is 313 g/mol. The van der Waals surface area contributed by atoms with Crippen molar-refractivity contribution in [2.75, 3.05) is 0 Å². The van der Waals surface area contributed by atoms with Gasteiger partial charge in [0.1, 0.15) is 0 Å². The molecule has 0 aromatic heterocycles. The van der Waals surface area contributed by atoms with Crippen molar-refractivity contribution >= 4 is 0 Å². The molecule has 128 valence electrons. The van der Waals surface area contributed by atoms with E-state index in [0.717, 1.165) is 17.8 Å². The third-order valence-electron chi connectivity index (χ3n) is 6.02. The zero-order valence-electron chi connectivity index (χ0n) is 15.1. The number of unbranched alkanes of at least 4 members (excludes halogenated alkanes) is 2. The molecule has 1 nitrogen and oxygen atoms in total. The Morgan fingerprint density at radius 3 is 1.83 bits per heavy atom. The van der Waals surface area contributed by atoms with Gasteiger partial charge in [0.2, 0.25) is 0 Å².